The number of hydrogen-bond donors (Lipinski definition) is 1. The molecule has 0 aliphatic carbocycles. The summed E-state index contributed by atoms with van der Waals surface area (Å²) < 4.78 is 42.6. The van der Waals surface area contributed by atoms with E-state index in [1.165, 1.54) is 6.20 Å². The molecule has 0 radical (unpaired) electrons. The van der Waals surface area contributed by atoms with E-state index in [4.69, 9.17) is 4.74 Å². The Morgan fingerprint density at radius 1 is 1.50 bits per heavy atom. The van der Waals surface area contributed by atoms with Gasteiger partial charge in [-0.3, -0.25) is 0 Å². The molecule has 7 heteroatoms. The number of methoxy groups -OCH3 is 1. The van der Waals surface area contributed by atoms with Crippen molar-refractivity contribution in [2.75, 3.05) is 13.7 Å². The Bertz CT molecular complexity index is 367. The molecule has 0 amide bonds. The molecule has 0 bridgehead atoms. The number of thiazole rings is 1. The van der Waals surface area contributed by atoms with Crippen LogP contribution in [0.4, 0.5) is 13.2 Å². The van der Waals surface area contributed by atoms with Crippen LogP contribution in [0.1, 0.15) is 36.2 Å². The second-order valence-electron chi connectivity index (χ2n) is 3.96. The Morgan fingerprint density at radius 3 is 2.61 bits per heavy atom. The fourth-order valence-electron chi connectivity index (χ4n) is 1.55. The van der Waals surface area contributed by atoms with Crippen molar-refractivity contribution in [1.29, 1.82) is 0 Å². The molecular formula is C11H17F3N2OS. The highest BCUT2D eigenvalue weighted by Crippen LogP contribution is 2.35. The van der Waals surface area contributed by atoms with E-state index >= 15 is 0 Å². The van der Waals surface area contributed by atoms with Crippen molar-refractivity contribution >= 4 is 11.3 Å². The summed E-state index contributed by atoms with van der Waals surface area (Å²) in [5.41, 5.74) is 0. The van der Waals surface area contributed by atoms with Crippen molar-refractivity contribution in [3.63, 3.8) is 0 Å². The number of nitrogens with zero attached hydrogens (tertiary/aromatic N) is 1. The summed E-state index contributed by atoms with van der Waals surface area (Å²) in [6, 6.07) is -0.154. The maximum Gasteiger partial charge on any atom is 0.443 e. The van der Waals surface area contributed by atoms with Gasteiger partial charge in [0.25, 0.3) is 0 Å². The van der Waals surface area contributed by atoms with Gasteiger partial charge in [-0.2, -0.15) is 13.2 Å². The molecule has 0 aliphatic rings. The molecule has 0 fully saturated rings. The average Bonchev–Trinajstić information content (AvgIpc) is 2.77. The number of ether oxygens (including phenoxy) is 1. The summed E-state index contributed by atoms with van der Waals surface area (Å²) in [6.07, 6.45) is -2.48. The van der Waals surface area contributed by atoms with Crippen molar-refractivity contribution in [3.05, 3.63) is 16.1 Å². The zero-order valence-corrected chi connectivity index (χ0v) is 11.4. The smallest absolute Gasteiger partial charge is 0.382 e. The van der Waals surface area contributed by atoms with E-state index in [1.807, 2.05) is 13.8 Å². The molecule has 2 atom stereocenters. The summed E-state index contributed by atoms with van der Waals surface area (Å²) >= 11 is 0.686. The molecule has 2 unspecified atom stereocenters. The maximum atomic E-state index is 12.5. The first-order chi connectivity index (χ1) is 8.38. The third-order valence-electron chi connectivity index (χ3n) is 2.53. The number of hydrogen-bond acceptors (Lipinski definition) is 4. The van der Waals surface area contributed by atoms with Crippen LogP contribution < -0.4 is 5.32 Å². The highest BCUT2D eigenvalue weighted by atomic mass is 32.1. The van der Waals surface area contributed by atoms with E-state index in [-0.39, 0.29) is 12.1 Å². The van der Waals surface area contributed by atoms with Crippen molar-refractivity contribution < 1.29 is 17.9 Å². The van der Waals surface area contributed by atoms with Gasteiger partial charge in [0.2, 0.25) is 0 Å². The molecule has 104 valence electrons. The number of rotatable bonds is 6. The molecule has 1 aromatic heterocycles. The molecule has 1 N–H and O–H groups in total. The number of aromatic nitrogens is 1. The van der Waals surface area contributed by atoms with Crippen LogP contribution in [-0.4, -0.2) is 24.7 Å². The lowest BCUT2D eigenvalue weighted by Gasteiger charge is -2.19. The highest BCUT2D eigenvalue weighted by Gasteiger charge is 2.35. The van der Waals surface area contributed by atoms with Gasteiger partial charge in [0.05, 0.1) is 6.10 Å². The van der Waals surface area contributed by atoms with Crippen LogP contribution in [-0.2, 0) is 10.9 Å². The van der Waals surface area contributed by atoms with Gasteiger partial charge in [-0.25, -0.2) is 4.98 Å². The van der Waals surface area contributed by atoms with E-state index in [0.29, 0.717) is 29.2 Å². The van der Waals surface area contributed by atoms with Gasteiger partial charge in [-0.05, 0) is 19.9 Å². The minimum atomic E-state index is -4.37. The number of alkyl halides is 3. The molecule has 1 rings (SSSR count). The lowest BCUT2D eigenvalue weighted by atomic mass is 10.1. The summed E-state index contributed by atoms with van der Waals surface area (Å²) in [6.45, 7) is 4.48. The largest absolute Gasteiger partial charge is 0.443 e. The van der Waals surface area contributed by atoms with Gasteiger partial charge in [0.1, 0.15) is 0 Å². The summed E-state index contributed by atoms with van der Waals surface area (Å²) in [5, 5.41) is 2.35. The molecule has 1 heterocycles. The van der Waals surface area contributed by atoms with E-state index in [2.05, 4.69) is 10.3 Å². The van der Waals surface area contributed by atoms with Crippen molar-refractivity contribution in [1.82, 2.24) is 10.3 Å². The van der Waals surface area contributed by atoms with Crippen molar-refractivity contribution in [3.8, 4) is 0 Å². The number of nitrogens with one attached hydrogen (secondary N) is 1. The standard InChI is InChI=1S/C11H17F3N2OS/c1-4-15-8(5-7(2)17-3)9-6-16-10(18-9)11(12,13)14/h6-8,15H,4-5H2,1-3H3. The Hall–Kier alpha value is -0.660. The van der Waals surface area contributed by atoms with Crippen LogP contribution >= 0.6 is 11.3 Å². The third-order valence-corrected chi connectivity index (χ3v) is 3.69. The van der Waals surface area contributed by atoms with Gasteiger partial charge < -0.3 is 10.1 Å². The molecule has 0 spiro atoms. The van der Waals surface area contributed by atoms with E-state index in [1.54, 1.807) is 7.11 Å². The molecule has 3 nitrogen and oxygen atoms in total. The van der Waals surface area contributed by atoms with Crippen LogP contribution in [0.15, 0.2) is 6.20 Å². The van der Waals surface area contributed by atoms with E-state index < -0.39 is 11.2 Å². The topological polar surface area (TPSA) is 34.1 Å². The molecule has 0 saturated heterocycles. The van der Waals surface area contributed by atoms with Crippen LogP contribution in [0.3, 0.4) is 0 Å². The fourth-order valence-corrected chi connectivity index (χ4v) is 2.42. The molecular weight excluding hydrogens is 265 g/mol. The minimum Gasteiger partial charge on any atom is -0.382 e. The maximum absolute atomic E-state index is 12.5. The fraction of sp³-hybridized carbons (Fsp3) is 0.727. The minimum absolute atomic E-state index is 0.0227. The highest BCUT2D eigenvalue weighted by molar-refractivity contribution is 7.11. The molecule has 0 aromatic carbocycles. The zero-order chi connectivity index (χ0) is 13.8. The predicted octanol–water partition coefficient (Wildman–Crippen LogP) is 3.24. The first-order valence-corrected chi connectivity index (χ1v) is 6.49. The van der Waals surface area contributed by atoms with Crippen LogP contribution in [0.2, 0.25) is 0 Å². The lowest BCUT2D eigenvalue weighted by molar-refractivity contribution is -0.137. The lowest BCUT2D eigenvalue weighted by Crippen LogP contribution is -2.24. The normalized spacial score (nSPS) is 15.7. The Kier molecular flexibility index (Phi) is 5.55. The van der Waals surface area contributed by atoms with Gasteiger partial charge in [-0.1, -0.05) is 6.92 Å². The third kappa shape index (κ3) is 4.22. The monoisotopic (exact) mass is 282 g/mol. The van der Waals surface area contributed by atoms with Gasteiger partial charge >= 0.3 is 6.18 Å². The summed E-state index contributed by atoms with van der Waals surface area (Å²) in [7, 11) is 1.58. The van der Waals surface area contributed by atoms with Gasteiger partial charge in [-0.15, -0.1) is 11.3 Å². The first kappa shape index (κ1) is 15.4. The molecule has 18 heavy (non-hydrogen) atoms. The average molecular weight is 282 g/mol. The Labute approximate surface area is 108 Å². The SMILES string of the molecule is CCNC(CC(C)OC)c1cnc(C(F)(F)F)s1. The summed E-state index contributed by atoms with van der Waals surface area (Å²) in [5.74, 6) is 0. The van der Waals surface area contributed by atoms with Crippen LogP contribution in [0.25, 0.3) is 0 Å². The van der Waals surface area contributed by atoms with E-state index in [0.717, 1.165) is 0 Å². The van der Waals surface area contributed by atoms with Gasteiger partial charge in [0, 0.05) is 24.2 Å². The van der Waals surface area contributed by atoms with Crippen molar-refractivity contribution in [2.45, 2.75) is 38.6 Å². The zero-order valence-electron chi connectivity index (χ0n) is 10.5. The Morgan fingerprint density at radius 2 is 2.17 bits per heavy atom. The molecule has 1 aromatic rings. The van der Waals surface area contributed by atoms with Gasteiger partial charge in [0.15, 0.2) is 5.01 Å². The van der Waals surface area contributed by atoms with E-state index in [9.17, 15) is 13.2 Å². The number of halogens is 3. The second-order valence-corrected chi connectivity index (χ2v) is 5.02. The van der Waals surface area contributed by atoms with Crippen LogP contribution in [0, 0.1) is 0 Å². The Balaban J connectivity index is 2.82. The molecule has 0 aliphatic heterocycles. The summed E-state index contributed by atoms with van der Waals surface area (Å²) in [4.78, 5) is 4.03. The van der Waals surface area contributed by atoms with Crippen LogP contribution in [0.5, 0.6) is 0 Å². The predicted molar refractivity (Wildman–Crippen MR) is 64.6 cm³/mol. The quantitative estimate of drug-likeness (QED) is 0.869. The van der Waals surface area contributed by atoms with Crippen molar-refractivity contribution in [2.24, 2.45) is 0 Å². The second kappa shape index (κ2) is 6.49. The first-order valence-electron chi connectivity index (χ1n) is 5.67. The molecule has 0 saturated carbocycles.